The first kappa shape index (κ1) is 32.4. The van der Waals surface area contributed by atoms with Crippen LogP contribution in [0.15, 0.2) is 59.0 Å². The van der Waals surface area contributed by atoms with E-state index in [9.17, 15) is 19.2 Å². The molecule has 0 aliphatic carbocycles. The van der Waals surface area contributed by atoms with Gasteiger partial charge in [0.25, 0.3) is 5.89 Å². The molecule has 1 aliphatic rings. The zero-order valence-corrected chi connectivity index (χ0v) is 25.9. The third-order valence-electron chi connectivity index (χ3n) is 7.62. The van der Waals surface area contributed by atoms with E-state index in [-0.39, 0.29) is 30.2 Å². The number of hydrogen-bond donors (Lipinski definition) is 2. The number of carbonyl (C=O) groups excluding carboxylic acids is 4. The van der Waals surface area contributed by atoms with E-state index in [4.69, 9.17) is 9.15 Å². The van der Waals surface area contributed by atoms with Crippen LogP contribution in [0.2, 0.25) is 0 Å². The minimum Gasteiger partial charge on any atom is -0.445 e. The number of ether oxygens (including phenoxy) is 1. The molecule has 4 rings (SSSR count). The Kier molecular flexibility index (Phi) is 10.9. The van der Waals surface area contributed by atoms with Gasteiger partial charge < -0.3 is 24.7 Å². The number of carbonyl (C=O) groups is 4. The van der Waals surface area contributed by atoms with E-state index in [1.54, 1.807) is 0 Å². The second-order valence-electron chi connectivity index (χ2n) is 11.9. The van der Waals surface area contributed by atoms with E-state index in [0.717, 1.165) is 16.7 Å². The molecular formula is C33H41N5O6. The Morgan fingerprint density at radius 1 is 0.932 bits per heavy atom. The lowest BCUT2D eigenvalue weighted by Gasteiger charge is -2.31. The Balaban J connectivity index is 1.39. The number of nitrogens with zero attached hydrogens (tertiary/aromatic N) is 3. The van der Waals surface area contributed by atoms with Crippen LogP contribution in [0.4, 0.5) is 4.79 Å². The maximum Gasteiger partial charge on any atom is 0.408 e. The van der Waals surface area contributed by atoms with Crippen LogP contribution < -0.4 is 10.6 Å². The molecule has 2 heterocycles. The maximum atomic E-state index is 13.6. The van der Waals surface area contributed by atoms with Gasteiger partial charge in [0.1, 0.15) is 18.7 Å². The Hall–Kier alpha value is -4.54. The van der Waals surface area contributed by atoms with Crippen LogP contribution in [-0.4, -0.2) is 63.5 Å². The van der Waals surface area contributed by atoms with Crippen LogP contribution in [0.3, 0.4) is 0 Å². The van der Waals surface area contributed by atoms with E-state index in [2.05, 4.69) is 20.8 Å². The number of aromatic nitrogens is 2. The minimum atomic E-state index is -0.931. The smallest absolute Gasteiger partial charge is 0.408 e. The first-order chi connectivity index (χ1) is 21.0. The summed E-state index contributed by atoms with van der Waals surface area (Å²) in [6.07, 6.45) is 0.707. The third-order valence-corrected chi connectivity index (χ3v) is 7.62. The number of amides is 3. The quantitative estimate of drug-likeness (QED) is 0.293. The highest BCUT2D eigenvalue weighted by atomic mass is 16.5. The summed E-state index contributed by atoms with van der Waals surface area (Å²) in [6, 6.07) is 14.5. The molecule has 0 radical (unpaired) electrons. The molecule has 1 fully saturated rings. The fourth-order valence-electron chi connectivity index (χ4n) is 5.23. The predicted molar refractivity (Wildman–Crippen MR) is 163 cm³/mol. The fourth-order valence-corrected chi connectivity index (χ4v) is 5.23. The molecule has 3 unspecified atom stereocenters. The Morgan fingerprint density at radius 3 is 2.32 bits per heavy atom. The molecule has 2 aromatic carbocycles. The van der Waals surface area contributed by atoms with Crippen LogP contribution >= 0.6 is 0 Å². The lowest BCUT2D eigenvalue weighted by atomic mass is 9.98. The first-order valence-corrected chi connectivity index (χ1v) is 15.0. The summed E-state index contributed by atoms with van der Waals surface area (Å²) in [6.45, 7) is 9.66. The predicted octanol–water partition coefficient (Wildman–Crippen LogP) is 4.23. The second kappa shape index (κ2) is 14.8. The molecule has 0 bridgehead atoms. The van der Waals surface area contributed by atoms with Crippen LogP contribution in [0, 0.1) is 18.8 Å². The number of nitrogens with one attached hydrogen (secondary N) is 2. The summed E-state index contributed by atoms with van der Waals surface area (Å²) >= 11 is 0. The molecule has 11 heteroatoms. The molecule has 1 aliphatic heterocycles. The van der Waals surface area contributed by atoms with Gasteiger partial charge in [0.15, 0.2) is 0 Å². The van der Waals surface area contributed by atoms with Crippen molar-refractivity contribution in [2.24, 2.45) is 11.8 Å². The lowest BCUT2D eigenvalue weighted by molar-refractivity contribution is -0.141. The van der Waals surface area contributed by atoms with Crippen molar-refractivity contribution in [3.8, 4) is 0 Å². The Morgan fingerprint density at radius 2 is 1.64 bits per heavy atom. The molecule has 3 atom stereocenters. The van der Waals surface area contributed by atoms with Gasteiger partial charge in [0.2, 0.25) is 23.5 Å². The van der Waals surface area contributed by atoms with Crippen molar-refractivity contribution >= 4 is 23.7 Å². The Labute approximate surface area is 257 Å². The summed E-state index contributed by atoms with van der Waals surface area (Å²) in [7, 11) is 0. The number of likely N-dealkylation sites (tertiary alicyclic amines) is 1. The molecule has 3 amide bonds. The Bertz CT molecular complexity index is 1450. The number of Topliss-reactive ketones (excluding diaryl/α,β-unsaturated/α-hetero) is 1. The molecule has 3 aromatic rings. The minimum absolute atomic E-state index is 0.0680. The van der Waals surface area contributed by atoms with Crippen molar-refractivity contribution < 1.29 is 28.3 Å². The van der Waals surface area contributed by atoms with Gasteiger partial charge in [0, 0.05) is 6.54 Å². The highest BCUT2D eigenvalue weighted by Gasteiger charge is 2.40. The van der Waals surface area contributed by atoms with Crippen molar-refractivity contribution in [3.05, 3.63) is 83.1 Å². The molecular weight excluding hydrogens is 562 g/mol. The second-order valence-corrected chi connectivity index (χ2v) is 11.9. The number of hydrogen-bond acceptors (Lipinski definition) is 8. The van der Waals surface area contributed by atoms with Gasteiger partial charge in [0.05, 0.1) is 12.5 Å². The van der Waals surface area contributed by atoms with E-state index < -0.39 is 35.9 Å². The number of rotatable bonds is 12. The summed E-state index contributed by atoms with van der Waals surface area (Å²) in [4.78, 5) is 54.6. The zero-order valence-electron chi connectivity index (χ0n) is 25.9. The van der Waals surface area contributed by atoms with Crippen molar-refractivity contribution in [1.29, 1.82) is 0 Å². The standard InChI is InChI=1S/C33H41N5O6/c1-20(2)27(29(39)31-37-36-26(44-31)18-24-14-9-11-22(5)17-24)34-30(40)25-15-10-16-38(25)32(41)28(21(3)4)35-33(42)43-19-23-12-7-6-8-13-23/h6-9,11-14,17,20-21,25,27-28H,10,15-16,18-19H2,1-5H3,(H,34,40)(H,35,42). The van der Waals surface area contributed by atoms with Gasteiger partial charge in [-0.05, 0) is 42.7 Å². The van der Waals surface area contributed by atoms with Gasteiger partial charge in [-0.15, -0.1) is 10.2 Å². The fraction of sp³-hybridized carbons (Fsp3) is 0.455. The summed E-state index contributed by atoms with van der Waals surface area (Å²) in [5, 5.41) is 13.5. The topological polar surface area (TPSA) is 144 Å². The van der Waals surface area contributed by atoms with Gasteiger partial charge >= 0.3 is 6.09 Å². The van der Waals surface area contributed by atoms with Gasteiger partial charge in [-0.25, -0.2) is 4.79 Å². The lowest BCUT2D eigenvalue weighted by Crippen LogP contribution is -2.57. The number of alkyl carbamates (subject to hydrolysis) is 1. The summed E-state index contributed by atoms with van der Waals surface area (Å²) in [5.74, 6) is -1.73. The normalized spacial score (nSPS) is 16.1. The van der Waals surface area contributed by atoms with Crippen molar-refractivity contribution in [1.82, 2.24) is 25.7 Å². The highest BCUT2D eigenvalue weighted by molar-refractivity contribution is 6.00. The van der Waals surface area contributed by atoms with E-state index in [1.807, 2.05) is 89.2 Å². The number of ketones is 1. The average Bonchev–Trinajstić information content (AvgIpc) is 3.67. The molecule has 2 N–H and O–H groups in total. The molecule has 11 nitrogen and oxygen atoms in total. The zero-order chi connectivity index (χ0) is 31.8. The molecule has 1 aromatic heterocycles. The van der Waals surface area contributed by atoms with E-state index in [1.165, 1.54) is 4.90 Å². The number of aryl methyl sites for hydroxylation is 1. The van der Waals surface area contributed by atoms with Gasteiger partial charge in [-0.2, -0.15) is 0 Å². The van der Waals surface area contributed by atoms with Crippen molar-refractivity contribution in [2.75, 3.05) is 6.54 Å². The maximum absolute atomic E-state index is 13.6. The molecule has 1 saturated heterocycles. The molecule has 0 spiro atoms. The van der Waals surface area contributed by atoms with Crippen LogP contribution in [0.25, 0.3) is 0 Å². The van der Waals surface area contributed by atoms with Crippen molar-refractivity contribution in [2.45, 2.75) is 78.6 Å². The molecule has 44 heavy (non-hydrogen) atoms. The monoisotopic (exact) mass is 603 g/mol. The van der Waals surface area contributed by atoms with Crippen LogP contribution in [0.1, 0.15) is 73.8 Å². The third kappa shape index (κ3) is 8.30. The average molecular weight is 604 g/mol. The van der Waals surface area contributed by atoms with E-state index >= 15 is 0 Å². The van der Waals surface area contributed by atoms with E-state index in [0.29, 0.717) is 31.7 Å². The number of benzene rings is 2. The summed E-state index contributed by atoms with van der Waals surface area (Å²) in [5.41, 5.74) is 2.90. The largest absolute Gasteiger partial charge is 0.445 e. The molecule has 0 saturated carbocycles. The van der Waals surface area contributed by atoms with Gasteiger partial charge in [-0.3, -0.25) is 14.4 Å². The molecule has 234 valence electrons. The first-order valence-electron chi connectivity index (χ1n) is 15.0. The summed E-state index contributed by atoms with van der Waals surface area (Å²) < 4.78 is 11.0. The van der Waals surface area contributed by atoms with Crippen molar-refractivity contribution in [3.63, 3.8) is 0 Å². The SMILES string of the molecule is Cc1cccc(Cc2nnc(C(=O)C(NC(=O)C3CCCN3C(=O)C(NC(=O)OCc3ccccc3)C(C)C)C(C)C)o2)c1. The van der Waals surface area contributed by atoms with Crippen LogP contribution in [0.5, 0.6) is 0 Å². The van der Waals surface area contributed by atoms with Crippen LogP contribution in [-0.2, 0) is 27.4 Å². The highest BCUT2D eigenvalue weighted by Crippen LogP contribution is 2.22. The van der Waals surface area contributed by atoms with Gasteiger partial charge in [-0.1, -0.05) is 87.9 Å².